The minimum atomic E-state index is -3.68. The van der Waals surface area contributed by atoms with Gasteiger partial charge in [0.1, 0.15) is 0 Å². The summed E-state index contributed by atoms with van der Waals surface area (Å²) in [5, 5.41) is 4.99. The molecule has 88 valence electrons. The molecule has 1 rings (SSSR count). The molecule has 1 fully saturated rings. The van der Waals surface area contributed by atoms with Crippen molar-refractivity contribution in [3.8, 4) is 0 Å². The first-order chi connectivity index (χ1) is 6.95. The molecule has 2 N–H and O–H groups in total. The Labute approximate surface area is 89.6 Å². The third kappa shape index (κ3) is 3.44. The summed E-state index contributed by atoms with van der Waals surface area (Å²) in [7, 11) is -3.68. The molecule has 1 aliphatic rings. The number of nitrogens with zero attached hydrogens (tertiary/aromatic N) is 1. The van der Waals surface area contributed by atoms with Crippen LogP contribution in [0.5, 0.6) is 0 Å². The van der Waals surface area contributed by atoms with E-state index in [1.807, 2.05) is 0 Å². The van der Waals surface area contributed by atoms with E-state index in [4.69, 9.17) is 9.88 Å². The van der Waals surface area contributed by atoms with E-state index < -0.39 is 10.2 Å². The molecule has 0 saturated carbocycles. The molecule has 0 spiro atoms. The Morgan fingerprint density at radius 2 is 2.27 bits per heavy atom. The van der Waals surface area contributed by atoms with Gasteiger partial charge in [0.05, 0.1) is 12.5 Å². The third-order valence-corrected chi connectivity index (χ3v) is 3.42. The second kappa shape index (κ2) is 4.91. The normalized spacial score (nSPS) is 23.7. The van der Waals surface area contributed by atoms with Crippen LogP contribution in [-0.2, 0) is 19.7 Å². The smallest absolute Gasteiger partial charge is 0.310 e. The van der Waals surface area contributed by atoms with Crippen molar-refractivity contribution in [3.63, 3.8) is 0 Å². The molecule has 1 aliphatic heterocycles. The van der Waals surface area contributed by atoms with Gasteiger partial charge < -0.3 is 4.74 Å². The molecule has 1 saturated heterocycles. The number of esters is 1. The first kappa shape index (κ1) is 12.4. The minimum Gasteiger partial charge on any atom is -0.466 e. The van der Waals surface area contributed by atoms with Crippen molar-refractivity contribution in [1.82, 2.24) is 4.31 Å². The summed E-state index contributed by atoms with van der Waals surface area (Å²) in [4.78, 5) is 11.4. The maximum atomic E-state index is 11.4. The fourth-order valence-corrected chi connectivity index (χ4v) is 2.40. The molecule has 0 aliphatic carbocycles. The lowest BCUT2D eigenvalue weighted by molar-refractivity contribution is -0.149. The predicted molar refractivity (Wildman–Crippen MR) is 54.0 cm³/mol. The Bertz CT molecular complexity index is 328. The van der Waals surface area contributed by atoms with Gasteiger partial charge in [-0.25, -0.2) is 5.14 Å². The van der Waals surface area contributed by atoms with E-state index in [9.17, 15) is 13.2 Å². The molecular weight excluding hydrogens is 220 g/mol. The van der Waals surface area contributed by atoms with Crippen LogP contribution in [0.2, 0.25) is 0 Å². The summed E-state index contributed by atoms with van der Waals surface area (Å²) in [5.74, 6) is -0.720. The molecule has 0 radical (unpaired) electrons. The lowest BCUT2D eigenvalue weighted by Crippen LogP contribution is -2.45. The summed E-state index contributed by atoms with van der Waals surface area (Å²) >= 11 is 0. The van der Waals surface area contributed by atoms with Crippen molar-refractivity contribution in [1.29, 1.82) is 0 Å². The summed E-state index contributed by atoms with van der Waals surface area (Å²) < 4.78 is 28.1. The topological polar surface area (TPSA) is 89.7 Å². The average Bonchev–Trinajstić information content (AvgIpc) is 2.17. The van der Waals surface area contributed by atoms with Gasteiger partial charge in [0, 0.05) is 13.1 Å². The molecule has 6 nitrogen and oxygen atoms in total. The first-order valence-electron chi connectivity index (χ1n) is 4.89. The number of hydrogen-bond acceptors (Lipinski definition) is 4. The molecule has 0 aromatic heterocycles. The number of ether oxygens (including phenoxy) is 1. The summed E-state index contributed by atoms with van der Waals surface area (Å²) in [6.07, 6.45) is 1.30. The van der Waals surface area contributed by atoms with E-state index in [0.29, 0.717) is 26.0 Å². The van der Waals surface area contributed by atoms with Crippen molar-refractivity contribution >= 4 is 16.2 Å². The van der Waals surface area contributed by atoms with E-state index in [2.05, 4.69) is 0 Å². The number of nitrogens with two attached hydrogens (primary N) is 1. The Morgan fingerprint density at radius 1 is 1.60 bits per heavy atom. The highest BCUT2D eigenvalue weighted by Crippen LogP contribution is 2.18. The molecule has 15 heavy (non-hydrogen) atoms. The third-order valence-electron chi connectivity index (χ3n) is 2.36. The second-order valence-corrected chi connectivity index (χ2v) is 5.04. The van der Waals surface area contributed by atoms with Crippen molar-refractivity contribution in [2.24, 2.45) is 11.1 Å². The zero-order valence-electron chi connectivity index (χ0n) is 8.68. The van der Waals surface area contributed by atoms with Crippen LogP contribution in [-0.4, -0.2) is 38.4 Å². The van der Waals surface area contributed by atoms with Crippen LogP contribution in [0.25, 0.3) is 0 Å². The monoisotopic (exact) mass is 236 g/mol. The number of carbonyl (C=O) groups excluding carboxylic acids is 1. The highest BCUT2D eigenvalue weighted by atomic mass is 32.2. The predicted octanol–water partition coefficient (Wildman–Crippen LogP) is -0.535. The lowest BCUT2D eigenvalue weighted by Gasteiger charge is -2.28. The molecular formula is C8H16N2O4S. The quantitative estimate of drug-likeness (QED) is 0.667. The highest BCUT2D eigenvalue weighted by molar-refractivity contribution is 7.86. The highest BCUT2D eigenvalue weighted by Gasteiger charge is 2.31. The van der Waals surface area contributed by atoms with Gasteiger partial charge in [-0.15, -0.1) is 0 Å². The van der Waals surface area contributed by atoms with Crippen LogP contribution in [0.1, 0.15) is 19.8 Å². The van der Waals surface area contributed by atoms with Crippen molar-refractivity contribution < 1.29 is 17.9 Å². The number of piperidine rings is 1. The molecule has 1 heterocycles. The number of rotatable bonds is 3. The van der Waals surface area contributed by atoms with Crippen LogP contribution < -0.4 is 5.14 Å². The Kier molecular flexibility index (Phi) is 4.06. The van der Waals surface area contributed by atoms with E-state index in [1.54, 1.807) is 6.92 Å². The first-order valence-corrected chi connectivity index (χ1v) is 6.40. The van der Waals surface area contributed by atoms with Gasteiger partial charge >= 0.3 is 5.97 Å². The Hall–Kier alpha value is -0.660. The van der Waals surface area contributed by atoms with E-state index >= 15 is 0 Å². The van der Waals surface area contributed by atoms with Gasteiger partial charge in [-0.05, 0) is 19.8 Å². The van der Waals surface area contributed by atoms with Crippen LogP contribution >= 0.6 is 0 Å². The standard InChI is InChI=1S/C8H16N2O4S/c1-2-14-8(11)7-4-3-5-10(6-7)15(9,12)13/h7H,2-6H2,1H3,(H2,9,12,13)/t7-/m1/s1. The molecule has 0 aromatic rings. The van der Waals surface area contributed by atoms with Crippen molar-refractivity contribution in [3.05, 3.63) is 0 Å². The maximum Gasteiger partial charge on any atom is 0.310 e. The van der Waals surface area contributed by atoms with Crippen LogP contribution in [0.4, 0.5) is 0 Å². The van der Waals surface area contributed by atoms with Crippen molar-refractivity contribution in [2.75, 3.05) is 19.7 Å². The Morgan fingerprint density at radius 3 is 2.80 bits per heavy atom. The van der Waals surface area contributed by atoms with Gasteiger partial charge in [-0.2, -0.15) is 12.7 Å². The fraction of sp³-hybridized carbons (Fsp3) is 0.875. The van der Waals surface area contributed by atoms with Crippen LogP contribution in [0.15, 0.2) is 0 Å². The zero-order chi connectivity index (χ0) is 11.5. The largest absolute Gasteiger partial charge is 0.466 e. The molecule has 0 amide bonds. The van der Waals surface area contributed by atoms with E-state index in [1.165, 1.54) is 0 Å². The van der Waals surface area contributed by atoms with Gasteiger partial charge in [0.25, 0.3) is 10.2 Å². The van der Waals surface area contributed by atoms with Gasteiger partial charge in [0.2, 0.25) is 0 Å². The summed E-state index contributed by atoms with van der Waals surface area (Å²) in [6.45, 7) is 2.55. The maximum absolute atomic E-state index is 11.4. The summed E-state index contributed by atoms with van der Waals surface area (Å²) in [5.41, 5.74) is 0. The van der Waals surface area contributed by atoms with E-state index in [0.717, 1.165) is 4.31 Å². The average molecular weight is 236 g/mol. The van der Waals surface area contributed by atoms with Gasteiger partial charge in [0.15, 0.2) is 0 Å². The molecule has 1 atom stereocenters. The van der Waals surface area contributed by atoms with Gasteiger partial charge in [-0.1, -0.05) is 0 Å². The fourth-order valence-electron chi connectivity index (χ4n) is 1.63. The van der Waals surface area contributed by atoms with Crippen molar-refractivity contribution in [2.45, 2.75) is 19.8 Å². The minimum absolute atomic E-state index is 0.137. The molecule has 0 unspecified atom stereocenters. The molecule has 0 bridgehead atoms. The van der Waals surface area contributed by atoms with Crippen LogP contribution in [0, 0.1) is 5.92 Å². The van der Waals surface area contributed by atoms with Crippen LogP contribution in [0.3, 0.4) is 0 Å². The van der Waals surface area contributed by atoms with E-state index in [-0.39, 0.29) is 18.4 Å². The molecule has 0 aromatic carbocycles. The SMILES string of the molecule is CCOC(=O)[C@@H]1CCCN(S(N)(=O)=O)C1. The summed E-state index contributed by atoms with van der Waals surface area (Å²) in [6, 6.07) is 0. The zero-order valence-corrected chi connectivity index (χ0v) is 9.50. The van der Waals surface area contributed by atoms with Gasteiger partial charge in [-0.3, -0.25) is 4.79 Å². The lowest BCUT2D eigenvalue weighted by atomic mass is 10.0. The molecule has 7 heteroatoms. The Balaban J connectivity index is 2.60. The number of carbonyl (C=O) groups is 1. The number of hydrogen-bond donors (Lipinski definition) is 1. The second-order valence-electron chi connectivity index (χ2n) is 3.49.